The first kappa shape index (κ1) is 16.8. The quantitative estimate of drug-likeness (QED) is 0.516. The lowest BCUT2D eigenvalue weighted by Gasteiger charge is -2.37. The van der Waals surface area contributed by atoms with Crippen LogP contribution in [0.4, 0.5) is 5.82 Å². The molecule has 0 aliphatic carbocycles. The molecule has 0 spiro atoms. The summed E-state index contributed by atoms with van der Waals surface area (Å²) < 4.78 is 5.35. The molecule has 1 aromatic rings. The molecule has 0 atom stereocenters. The molecule has 3 heterocycles. The number of anilines is 1. The fraction of sp³-hybridized carbons (Fsp3) is 0.556. The second kappa shape index (κ2) is 8.68. The number of ether oxygens (including phenoxy) is 1. The zero-order valence-electron chi connectivity index (χ0n) is 14.4. The Hall–Kier alpha value is -2.08. The molecule has 1 aromatic heterocycles. The summed E-state index contributed by atoms with van der Waals surface area (Å²) in [6.45, 7) is 6.43. The van der Waals surface area contributed by atoms with E-state index in [9.17, 15) is 0 Å². The van der Waals surface area contributed by atoms with Crippen molar-refractivity contribution < 1.29 is 4.74 Å². The van der Waals surface area contributed by atoms with Crippen molar-refractivity contribution >= 4 is 11.8 Å². The molecule has 130 valence electrons. The summed E-state index contributed by atoms with van der Waals surface area (Å²) in [6.07, 6.45) is 6.19. The highest BCUT2D eigenvalue weighted by molar-refractivity contribution is 5.80. The van der Waals surface area contributed by atoms with E-state index in [-0.39, 0.29) is 0 Å². The molecule has 1 fully saturated rings. The minimum Gasteiger partial charge on any atom is -0.377 e. The number of hydrogen-bond donors (Lipinski definition) is 1. The van der Waals surface area contributed by atoms with Crippen molar-refractivity contribution in [2.45, 2.75) is 12.8 Å². The van der Waals surface area contributed by atoms with Gasteiger partial charge in [-0.2, -0.15) is 0 Å². The first-order chi connectivity index (χ1) is 11.9. The number of nitrogens with zero attached hydrogens (tertiary/aromatic N) is 4. The summed E-state index contributed by atoms with van der Waals surface area (Å²) in [7, 11) is 1.86. The topological polar surface area (TPSA) is 53.0 Å². The molecule has 6 heteroatoms. The third kappa shape index (κ3) is 4.47. The van der Waals surface area contributed by atoms with Gasteiger partial charge in [0.1, 0.15) is 5.82 Å². The molecule has 0 amide bonds. The maximum atomic E-state index is 5.35. The highest BCUT2D eigenvalue weighted by Crippen LogP contribution is 2.13. The van der Waals surface area contributed by atoms with Crippen molar-refractivity contribution in [3.05, 3.63) is 36.0 Å². The van der Waals surface area contributed by atoms with Crippen LogP contribution in [0.5, 0.6) is 0 Å². The molecule has 24 heavy (non-hydrogen) atoms. The van der Waals surface area contributed by atoms with Crippen molar-refractivity contribution in [3.63, 3.8) is 0 Å². The Kier molecular flexibility index (Phi) is 6.07. The number of nitrogens with one attached hydrogen (secondary N) is 1. The normalized spacial score (nSPS) is 19.2. The Labute approximate surface area is 144 Å². The number of piperazine rings is 1. The van der Waals surface area contributed by atoms with Crippen LogP contribution in [0.3, 0.4) is 0 Å². The lowest BCUT2D eigenvalue weighted by atomic mass is 10.1. The van der Waals surface area contributed by atoms with Gasteiger partial charge in [-0.3, -0.25) is 4.99 Å². The van der Waals surface area contributed by atoms with Crippen molar-refractivity contribution in [2.24, 2.45) is 4.99 Å². The molecule has 0 radical (unpaired) electrons. The van der Waals surface area contributed by atoms with Gasteiger partial charge in [0.05, 0.1) is 13.2 Å². The van der Waals surface area contributed by atoms with Gasteiger partial charge in [0.25, 0.3) is 0 Å². The Morgan fingerprint density at radius 1 is 1.29 bits per heavy atom. The van der Waals surface area contributed by atoms with E-state index in [1.54, 1.807) is 0 Å². The first-order valence-corrected chi connectivity index (χ1v) is 8.74. The number of hydrogen-bond acceptors (Lipinski definition) is 4. The van der Waals surface area contributed by atoms with Crippen LogP contribution in [0.2, 0.25) is 0 Å². The molecule has 0 bridgehead atoms. The first-order valence-electron chi connectivity index (χ1n) is 8.74. The molecule has 6 nitrogen and oxygen atoms in total. The molecule has 1 saturated heterocycles. The SMILES string of the molecule is CN=C(NCCC1=CCOCC1)N1CCN(c2ccccn2)CC1. The molecule has 1 N–H and O–H groups in total. The van der Waals surface area contributed by atoms with Gasteiger partial charge in [0, 0.05) is 46.0 Å². The zero-order valence-corrected chi connectivity index (χ0v) is 14.4. The Balaban J connectivity index is 1.44. The van der Waals surface area contributed by atoms with Gasteiger partial charge in [-0.25, -0.2) is 4.98 Å². The summed E-state index contributed by atoms with van der Waals surface area (Å²) in [5.74, 6) is 2.06. The van der Waals surface area contributed by atoms with Crippen LogP contribution in [-0.2, 0) is 4.74 Å². The Morgan fingerprint density at radius 3 is 2.83 bits per heavy atom. The van der Waals surface area contributed by atoms with Gasteiger partial charge in [0.15, 0.2) is 5.96 Å². The standard InChI is InChI=1S/C18H27N5O/c1-19-18(21-9-5-16-6-14-24-15-7-16)23-12-10-22(11-13-23)17-4-2-3-8-20-17/h2-4,6,8H,5,7,9-15H2,1H3,(H,19,21). The molecule has 0 aromatic carbocycles. The van der Waals surface area contributed by atoms with Gasteiger partial charge in [-0.05, 0) is 25.0 Å². The summed E-state index contributed by atoms with van der Waals surface area (Å²) in [6, 6.07) is 6.07. The van der Waals surface area contributed by atoms with E-state index < -0.39 is 0 Å². The van der Waals surface area contributed by atoms with Gasteiger partial charge >= 0.3 is 0 Å². The molecular weight excluding hydrogens is 302 g/mol. The van der Waals surface area contributed by atoms with Gasteiger partial charge in [0.2, 0.25) is 0 Å². The van der Waals surface area contributed by atoms with E-state index in [2.05, 4.69) is 37.2 Å². The van der Waals surface area contributed by atoms with Gasteiger partial charge in [-0.15, -0.1) is 0 Å². The van der Waals surface area contributed by atoms with Crippen LogP contribution in [0.25, 0.3) is 0 Å². The van der Waals surface area contributed by atoms with Crippen molar-refractivity contribution in [1.29, 1.82) is 0 Å². The summed E-state index contributed by atoms with van der Waals surface area (Å²) in [5.41, 5.74) is 1.49. The molecule has 3 rings (SSSR count). The molecular formula is C18H27N5O. The fourth-order valence-electron chi connectivity index (χ4n) is 3.15. The van der Waals surface area contributed by atoms with E-state index in [0.717, 1.165) is 70.6 Å². The highest BCUT2D eigenvalue weighted by Gasteiger charge is 2.20. The minimum atomic E-state index is 0.763. The summed E-state index contributed by atoms with van der Waals surface area (Å²) >= 11 is 0. The van der Waals surface area contributed by atoms with E-state index in [1.807, 2.05) is 25.4 Å². The number of pyridine rings is 1. The second-order valence-corrected chi connectivity index (χ2v) is 6.07. The molecule has 2 aliphatic rings. The van der Waals surface area contributed by atoms with E-state index in [1.165, 1.54) is 5.57 Å². The fourth-order valence-corrected chi connectivity index (χ4v) is 3.15. The number of guanidine groups is 1. The largest absolute Gasteiger partial charge is 0.377 e. The average molecular weight is 329 g/mol. The monoisotopic (exact) mass is 329 g/mol. The van der Waals surface area contributed by atoms with Crippen molar-refractivity contribution in [2.75, 3.05) is 57.9 Å². The molecule has 2 aliphatic heterocycles. The summed E-state index contributed by atoms with van der Waals surface area (Å²) in [5, 5.41) is 3.50. The van der Waals surface area contributed by atoms with Crippen LogP contribution in [0.15, 0.2) is 41.0 Å². The Bertz CT molecular complexity index is 564. The van der Waals surface area contributed by atoms with Gasteiger partial charge in [-0.1, -0.05) is 17.7 Å². The third-order valence-corrected chi connectivity index (χ3v) is 4.55. The van der Waals surface area contributed by atoms with Crippen molar-refractivity contribution in [3.8, 4) is 0 Å². The van der Waals surface area contributed by atoms with Crippen LogP contribution in [0, 0.1) is 0 Å². The maximum absolute atomic E-state index is 5.35. The van der Waals surface area contributed by atoms with E-state index in [4.69, 9.17) is 4.74 Å². The highest BCUT2D eigenvalue weighted by atomic mass is 16.5. The van der Waals surface area contributed by atoms with Crippen LogP contribution in [-0.4, -0.2) is 68.8 Å². The second-order valence-electron chi connectivity index (χ2n) is 6.07. The number of aliphatic imine (C=N–C) groups is 1. The van der Waals surface area contributed by atoms with E-state index >= 15 is 0 Å². The van der Waals surface area contributed by atoms with Crippen LogP contribution >= 0.6 is 0 Å². The Morgan fingerprint density at radius 2 is 2.17 bits per heavy atom. The zero-order chi connectivity index (χ0) is 16.6. The minimum absolute atomic E-state index is 0.763. The van der Waals surface area contributed by atoms with Crippen LogP contribution in [0.1, 0.15) is 12.8 Å². The van der Waals surface area contributed by atoms with E-state index in [0.29, 0.717) is 0 Å². The average Bonchev–Trinajstić information content (AvgIpc) is 2.67. The smallest absolute Gasteiger partial charge is 0.193 e. The summed E-state index contributed by atoms with van der Waals surface area (Å²) in [4.78, 5) is 13.5. The van der Waals surface area contributed by atoms with Gasteiger partial charge < -0.3 is 19.9 Å². The number of aromatic nitrogens is 1. The van der Waals surface area contributed by atoms with Crippen LogP contribution < -0.4 is 10.2 Å². The molecule has 0 saturated carbocycles. The maximum Gasteiger partial charge on any atom is 0.193 e. The lowest BCUT2D eigenvalue weighted by molar-refractivity contribution is 0.153. The molecule has 0 unspecified atom stereocenters. The number of rotatable bonds is 4. The van der Waals surface area contributed by atoms with Crippen molar-refractivity contribution in [1.82, 2.24) is 15.2 Å². The third-order valence-electron chi connectivity index (χ3n) is 4.55. The predicted molar refractivity (Wildman–Crippen MR) is 97.5 cm³/mol. The lowest BCUT2D eigenvalue weighted by Crippen LogP contribution is -2.52. The predicted octanol–water partition coefficient (Wildman–Crippen LogP) is 1.52.